The molecule has 108 valence electrons. The van der Waals surface area contributed by atoms with E-state index in [4.69, 9.17) is 27.9 Å². The van der Waals surface area contributed by atoms with Gasteiger partial charge in [-0.3, -0.25) is 0 Å². The first-order valence-electron chi connectivity index (χ1n) is 5.56. The lowest BCUT2D eigenvalue weighted by molar-refractivity contribution is 0.149. The first kappa shape index (κ1) is 17.2. The standard InChI is InChI=1S/C11H14BrCl2NO3S/c12-4-7-18-6-1-5-15-19(16,17)9-2-3-10(13)11(14)8-9/h2-3,8,15H,1,4-7H2. The van der Waals surface area contributed by atoms with Crippen LogP contribution in [0, 0.1) is 0 Å². The van der Waals surface area contributed by atoms with Gasteiger partial charge in [0.2, 0.25) is 10.0 Å². The minimum atomic E-state index is -3.55. The summed E-state index contributed by atoms with van der Waals surface area (Å²) in [6, 6.07) is 4.20. The monoisotopic (exact) mass is 389 g/mol. The molecule has 1 aromatic rings. The predicted molar refractivity (Wildman–Crippen MR) is 80.9 cm³/mol. The molecular weight excluding hydrogens is 377 g/mol. The summed E-state index contributed by atoms with van der Waals surface area (Å²) in [7, 11) is -3.55. The number of nitrogens with one attached hydrogen (secondary N) is 1. The van der Waals surface area contributed by atoms with Gasteiger partial charge in [-0.25, -0.2) is 13.1 Å². The van der Waals surface area contributed by atoms with E-state index < -0.39 is 10.0 Å². The molecule has 0 heterocycles. The summed E-state index contributed by atoms with van der Waals surface area (Å²) in [5.41, 5.74) is 0. The molecule has 19 heavy (non-hydrogen) atoms. The van der Waals surface area contributed by atoms with Gasteiger partial charge in [0.15, 0.2) is 0 Å². The third-order valence-electron chi connectivity index (χ3n) is 2.18. The van der Waals surface area contributed by atoms with Crippen LogP contribution in [0.25, 0.3) is 0 Å². The molecule has 1 N–H and O–H groups in total. The van der Waals surface area contributed by atoms with Crippen LogP contribution in [-0.4, -0.2) is 33.5 Å². The van der Waals surface area contributed by atoms with Crippen LogP contribution in [0.1, 0.15) is 6.42 Å². The van der Waals surface area contributed by atoms with Gasteiger partial charge in [-0.2, -0.15) is 0 Å². The Kier molecular flexibility index (Phi) is 7.64. The number of hydrogen-bond acceptors (Lipinski definition) is 3. The van der Waals surface area contributed by atoms with Crippen molar-refractivity contribution in [2.24, 2.45) is 0 Å². The largest absolute Gasteiger partial charge is 0.381 e. The van der Waals surface area contributed by atoms with E-state index in [2.05, 4.69) is 20.7 Å². The average Bonchev–Trinajstić information content (AvgIpc) is 2.36. The van der Waals surface area contributed by atoms with E-state index in [1.165, 1.54) is 18.2 Å². The van der Waals surface area contributed by atoms with Crippen molar-refractivity contribution in [1.29, 1.82) is 0 Å². The molecule has 4 nitrogen and oxygen atoms in total. The van der Waals surface area contributed by atoms with E-state index in [1.54, 1.807) is 0 Å². The van der Waals surface area contributed by atoms with E-state index in [0.29, 0.717) is 31.2 Å². The van der Waals surface area contributed by atoms with E-state index in [0.717, 1.165) is 5.33 Å². The highest BCUT2D eigenvalue weighted by Crippen LogP contribution is 2.24. The lowest BCUT2D eigenvalue weighted by atomic mass is 10.4. The molecule has 0 aliphatic rings. The fourth-order valence-electron chi connectivity index (χ4n) is 1.26. The smallest absolute Gasteiger partial charge is 0.240 e. The molecule has 0 saturated heterocycles. The molecule has 0 spiro atoms. The van der Waals surface area contributed by atoms with Crippen LogP contribution in [0.5, 0.6) is 0 Å². The Balaban J connectivity index is 2.49. The minimum absolute atomic E-state index is 0.100. The normalized spacial score (nSPS) is 11.7. The van der Waals surface area contributed by atoms with Crippen LogP contribution in [0.15, 0.2) is 23.1 Å². The van der Waals surface area contributed by atoms with Crippen LogP contribution in [0.2, 0.25) is 10.0 Å². The number of hydrogen-bond donors (Lipinski definition) is 1. The van der Waals surface area contributed by atoms with Crippen LogP contribution in [0.3, 0.4) is 0 Å². The number of ether oxygens (including phenoxy) is 1. The second kappa shape index (κ2) is 8.44. The SMILES string of the molecule is O=S(=O)(NCCCOCCBr)c1ccc(Cl)c(Cl)c1. The van der Waals surface area contributed by atoms with Crippen molar-refractivity contribution in [3.05, 3.63) is 28.2 Å². The maximum Gasteiger partial charge on any atom is 0.240 e. The summed E-state index contributed by atoms with van der Waals surface area (Å²) in [4.78, 5) is 0.100. The zero-order chi connectivity index (χ0) is 14.3. The van der Waals surface area contributed by atoms with Gasteiger partial charge in [0.25, 0.3) is 0 Å². The molecule has 0 unspecified atom stereocenters. The fraction of sp³-hybridized carbons (Fsp3) is 0.455. The molecule has 0 saturated carbocycles. The molecule has 1 rings (SSSR count). The second-order valence-electron chi connectivity index (χ2n) is 3.63. The zero-order valence-electron chi connectivity index (χ0n) is 10.0. The quantitative estimate of drug-likeness (QED) is 0.548. The third kappa shape index (κ3) is 5.97. The predicted octanol–water partition coefficient (Wildman–Crippen LogP) is 3.07. The molecule has 0 aromatic heterocycles. The minimum Gasteiger partial charge on any atom is -0.381 e. The average molecular weight is 391 g/mol. The van der Waals surface area contributed by atoms with Crippen molar-refractivity contribution in [2.45, 2.75) is 11.3 Å². The van der Waals surface area contributed by atoms with Gasteiger partial charge in [-0.1, -0.05) is 39.1 Å². The Hall–Kier alpha value is 0.150. The summed E-state index contributed by atoms with van der Waals surface area (Å²) >= 11 is 14.8. The second-order valence-corrected chi connectivity index (χ2v) is 7.00. The highest BCUT2D eigenvalue weighted by atomic mass is 79.9. The number of alkyl halides is 1. The van der Waals surface area contributed by atoms with Crippen molar-refractivity contribution in [2.75, 3.05) is 25.1 Å². The molecule has 0 amide bonds. The Morgan fingerprint density at radius 1 is 1.21 bits per heavy atom. The summed E-state index contributed by atoms with van der Waals surface area (Å²) in [5.74, 6) is 0. The maximum absolute atomic E-state index is 11.9. The third-order valence-corrected chi connectivity index (χ3v) is 4.70. The molecular formula is C11H14BrCl2NO3S. The van der Waals surface area contributed by atoms with Crippen LogP contribution < -0.4 is 4.72 Å². The maximum atomic E-state index is 11.9. The Morgan fingerprint density at radius 2 is 1.95 bits per heavy atom. The van der Waals surface area contributed by atoms with E-state index in [9.17, 15) is 8.42 Å². The van der Waals surface area contributed by atoms with Crippen LogP contribution in [-0.2, 0) is 14.8 Å². The molecule has 0 aliphatic carbocycles. The fourth-order valence-corrected chi connectivity index (χ4v) is 2.96. The van der Waals surface area contributed by atoms with Gasteiger partial charge in [-0.05, 0) is 24.6 Å². The van der Waals surface area contributed by atoms with Gasteiger partial charge in [-0.15, -0.1) is 0 Å². The van der Waals surface area contributed by atoms with Gasteiger partial charge in [0.1, 0.15) is 0 Å². The lowest BCUT2D eigenvalue weighted by Crippen LogP contribution is -2.25. The van der Waals surface area contributed by atoms with Crippen LogP contribution >= 0.6 is 39.1 Å². The molecule has 0 aliphatic heterocycles. The highest BCUT2D eigenvalue weighted by Gasteiger charge is 2.14. The van der Waals surface area contributed by atoms with E-state index in [-0.39, 0.29) is 9.92 Å². The first-order chi connectivity index (χ1) is 8.97. The van der Waals surface area contributed by atoms with Crippen molar-refractivity contribution in [1.82, 2.24) is 4.72 Å². The van der Waals surface area contributed by atoms with Gasteiger partial charge >= 0.3 is 0 Å². The van der Waals surface area contributed by atoms with Crippen molar-refractivity contribution >= 4 is 49.2 Å². The summed E-state index contributed by atoms with van der Waals surface area (Å²) in [5, 5.41) is 1.30. The Labute approximate surface area is 131 Å². The Morgan fingerprint density at radius 3 is 2.58 bits per heavy atom. The van der Waals surface area contributed by atoms with E-state index in [1.807, 2.05) is 0 Å². The summed E-state index contributed by atoms with van der Waals surface area (Å²) in [6.45, 7) is 1.43. The number of halogens is 3. The van der Waals surface area contributed by atoms with Gasteiger partial charge < -0.3 is 4.74 Å². The van der Waals surface area contributed by atoms with Gasteiger partial charge in [0, 0.05) is 18.5 Å². The number of rotatable bonds is 8. The molecule has 0 bridgehead atoms. The summed E-state index contributed by atoms with van der Waals surface area (Å²) in [6.07, 6.45) is 0.605. The first-order valence-corrected chi connectivity index (χ1v) is 8.92. The lowest BCUT2D eigenvalue weighted by Gasteiger charge is -2.07. The van der Waals surface area contributed by atoms with E-state index >= 15 is 0 Å². The van der Waals surface area contributed by atoms with Crippen LogP contribution in [0.4, 0.5) is 0 Å². The molecule has 0 atom stereocenters. The summed E-state index contributed by atoms with van der Waals surface area (Å²) < 4.78 is 31.5. The van der Waals surface area contributed by atoms with Crippen molar-refractivity contribution < 1.29 is 13.2 Å². The molecule has 8 heteroatoms. The topological polar surface area (TPSA) is 55.4 Å². The highest BCUT2D eigenvalue weighted by molar-refractivity contribution is 9.09. The number of benzene rings is 1. The van der Waals surface area contributed by atoms with Gasteiger partial charge in [0.05, 0.1) is 21.5 Å². The van der Waals surface area contributed by atoms with Crippen molar-refractivity contribution in [3.63, 3.8) is 0 Å². The molecule has 0 fully saturated rings. The molecule has 1 aromatic carbocycles. The molecule has 0 radical (unpaired) electrons. The Bertz CT molecular complexity index is 511. The number of sulfonamides is 1. The van der Waals surface area contributed by atoms with Crippen molar-refractivity contribution in [3.8, 4) is 0 Å². The zero-order valence-corrected chi connectivity index (χ0v) is 13.9.